The number of anilines is 1. The summed E-state index contributed by atoms with van der Waals surface area (Å²) in [7, 11) is 5.99. The van der Waals surface area contributed by atoms with Crippen LogP contribution in [0.2, 0.25) is 5.02 Å². The van der Waals surface area contributed by atoms with Gasteiger partial charge in [0.05, 0.1) is 0 Å². The Labute approximate surface area is 196 Å². The Bertz CT molecular complexity index is 794. The van der Waals surface area contributed by atoms with Gasteiger partial charge in [-0.3, -0.25) is 4.99 Å². The third-order valence-electron chi connectivity index (χ3n) is 4.91. The minimum Gasteiger partial charge on any atom is -0.369 e. The summed E-state index contributed by atoms with van der Waals surface area (Å²) in [5.41, 5.74) is 3.75. The molecule has 2 aromatic carbocycles. The number of nitrogens with one attached hydrogen (secondary N) is 2. The second-order valence-electron chi connectivity index (χ2n) is 7.54. The van der Waals surface area contributed by atoms with E-state index in [1.54, 1.807) is 0 Å². The molecule has 1 heterocycles. The van der Waals surface area contributed by atoms with Crippen molar-refractivity contribution in [3.63, 3.8) is 0 Å². The number of hydrogen-bond donors (Lipinski definition) is 2. The van der Waals surface area contributed by atoms with Crippen LogP contribution in [-0.4, -0.2) is 51.1 Å². The van der Waals surface area contributed by atoms with E-state index in [0.29, 0.717) is 6.04 Å². The molecule has 2 aromatic rings. The first-order chi connectivity index (χ1) is 13.5. The highest BCUT2D eigenvalue weighted by Gasteiger charge is 2.23. The third kappa shape index (κ3) is 7.35. The predicted octanol–water partition coefficient (Wildman–Crippen LogP) is 3.96. The van der Waals surface area contributed by atoms with E-state index >= 15 is 0 Å². The Morgan fingerprint density at radius 1 is 1.17 bits per heavy atom. The van der Waals surface area contributed by atoms with Crippen molar-refractivity contribution in [3.05, 3.63) is 64.7 Å². The fourth-order valence-electron chi connectivity index (χ4n) is 3.49. The Hall–Kier alpha value is -1.51. The predicted molar refractivity (Wildman–Crippen MR) is 135 cm³/mol. The maximum atomic E-state index is 6.13. The lowest BCUT2D eigenvalue weighted by Crippen LogP contribution is -2.44. The van der Waals surface area contributed by atoms with Gasteiger partial charge in [-0.2, -0.15) is 0 Å². The monoisotopic (exact) mass is 527 g/mol. The summed E-state index contributed by atoms with van der Waals surface area (Å²) in [6.45, 7) is 3.68. The maximum absolute atomic E-state index is 6.13. The summed E-state index contributed by atoms with van der Waals surface area (Å²) >= 11 is 6.13. The molecule has 0 saturated carbocycles. The number of benzene rings is 2. The number of hydrogen-bond acceptors (Lipinski definition) is 3. The molecule has 158 valence electrons. The van der Waals surface area contributed by atoms with E-state index in [2.05, 4.69) is 69.9 Å². The Morgan fingerprint density at radius 3 is 2.55 bits per heavy atom. The third-order valence-corrected chi connectivity index (χ3v) is 5.14. The second-order valence-corrected chi connectivity index (χ2v) is 7.97. The first kappa shape index (κ1) is 23.8. The summed E-state index contributed by atoms with van der Waals surface area (Å²) in [5, 5.41) is 7.75. The molecule has 1 aliphatic heterocycles. The summed E-state index contributed by atoms with van der Waals surface area (Å²) in [6.07, 6.45) is 1.08. The van der Waals surface area contributed by atoms with Gasteiger partial charge in [0.25, 0.3) is 0 Å². The zero-order chi connectivity index (χ0) is 19.9. The van der Waals surface area contributed by atoms with Crippen molar-refractivity contribution in [2.75, 3.05) is 39.1 Å². The van der Waals surface area contributed by atoms with E-state index < -0.39 is 0 Å². The molecule has 0 spiro atoms. The van der Waals surface area contributed by atoms with E-state index in [-0.39, 0.29) is 24.0 Å². The van der Waals surface area contributed by atoms with Gasteiger partial charge in [-0.15, -0.1) is 24.0 Å². The molecule has 29 heavy (non-hydrogen) atoms. The topological polar surface area (TPSA) is 42.9 Å². The van der Waals surface area contributed by atoms with Crippen molar-refractivity contribution in [2.24, 2.45) is 4.99 Å². The molecule has 0 radical (unpaired) electrons. The lowest BCUT2D eigenvalue weighted by Gasteiger charge is -2.20. The fraction of sp³-hybridized carbons (Fsp3) is 0.409. The van der Waals surface area contributed by atoms with Crippen LogP contribution in [0, 0.1) is 0 Å². The summed E-state index contributed by atoms with van der Waals surface area (Å²) in [4.78, 5) is 8.92. The number of nitrogens with zero attached hydrogens (tertiary/aromatic N) is 3. The smallest absolute Gasteiger partial charge is 0.191 e. The van der Waals surface area contributed by atoms with Crippen molar-refractivity contribution in [1.29, 1.82) is 0 Å². The molecule has 1 unspecified atom stereocenters. The normalized spacial score (nSPS) is 16.7. The highest BCUT2D eigenvalue weighted by Crippen LogP contribution is 2.23. The molecule has 1 saturated heterocycles. The number of guanidine groups is 1. The molecule has 0 aromatic heterocycles. The van der Waals surface area contributed by atoms with Gasteiger partial charge < -0.3 is 20.4 Å². The van der Waals surface area contributed by atoms with Crippen LogP contribution in [-0.2, 0) is 13.1 Å². The van der Waals surface area contributed by atoms with Crippen molar-refractivity contribution in [1.82, 2.24) is 15.5 Å². The molecule has 0 amide bonds. The van der Waals surface area contributed by atoms with E-state index in [4.69, 9.17) is 11.6 Å². The fourth-order valence-corrected chi connectivity index (χ4v) is 3.67. The SMILES string of the molecule is CN=C(NCc1ccc(CN(C)C)cc1)NC1CCN(c2cccc(Cl)c2)C1.I. The number of halogens is 2. The first-order valence-corrected chi connectivity index (χ1v) is 10.1. The van der Waals surface area contributed by atoms with Gasteiger partial charge in [0, 0.05) is 50.0 Å². The highest BCUT2D eigenvalue weighted by molar-refractivity contribution is 14.0. The Morgan fingerprint density at radius 2 is 1.90 bits per heavy atom. The van der Waals surface area contributed by atoms with Crippen LogP contribution in [0.15, 0.2) is 53.5 Å². The molecule has 3 rings (SSSR count). The first-order valence-electron chi connectivity index (χ1n) is 9.74. The van der Waals surface area contributed by atoms with Crippen molar-refractivity contribution >= 4 is 47.2 Å². The quantitative estimate of drug-likeness (QED) is 0.339. The van der Waals surface area contributed by atoms with Gasteiger partial charge in [0.15, 0.2) is 5.96 Å². The van der Waals surface area contributed by atoms with Gasteiger partial charge in [-0.05, 0) is 49.8 Å². The summed E-state index contributed by atoms with van der Waals surface area (Å²) in [6, 6.07) is 17.1. The van der Waals surface area contributed by atoms with E-state index in [0.717, 1.165) is 43.6 Å². The molecule has 1 fully saturated rings. The van der Waals surface area contributed by atoms with Gasteiger partial charge in [-0.1, -0.05) is 41.9 Å². The van der Waals surface area contributed by atoms with Gasteiger partial charge in [-0.25, -0.2) is 0 Å². The molecular formula is C22H31ClIN5. The van der Waals surface area contributed by atoms with Crippen LogP contribution in [0.4, 0.5) is 5.69 Å². The van der Waals surface area contributed by atoms with Gasteiger partial charge in [0.1, 0.15) is 0 Å². The average Bonchev–Trinajstić information content (AvgIpc) is 3.14. The van der Waals surface area contributed by atoms with Crippen LogP contribution >= 0.6 is 35.6 Å². The van der Waals surface area contributed by atoms with E-state index in [1.165, 1.54) is 16.8 Å². The van der Waals surface area contributed by atoms with Crippen LogP contribution in [0.3, 0.4) is 0 Å². The molecule has 1 atom stereocenters. The summed E-state index contributed by atoms with van der Waals surface area (Å²) in [5.74, 6) is 0.843. The summed E-state index contributed by atoms with van der Waals surface area (Å²) < 4.78 is 0. The highest BCUT2D eigenvalue weighted by atomic mass is 127. The molecule has 0 bridgehead atoms. The molecular weight excluding hydrogens is 497 g/mol. The second kappa shape index (κ2) is 11.6. The van der Waals surface area contributed by atoms with Crippen LogP contribution in [0.5, 0.6) is 0 Å². The number of aliphatic imine (C=N–C) groups is 1. The van der Waals surface area contributed by atoms with Gasteiger partial charge >= 0.3 is 0 Å². The van der Waals surface area contributed by atoms with Crippen LogP contribution in [0.25, 0.3) is 0 Å². The average molecular weight is 528 g/mol. The van der Waals surface area contributed by atoms with Crippen molar-refractivity contribution in [2.45, 2.75) is 25.6 Å². The van der Waals surface area contributed by atoms with Crippen molar-refractivity contribution in [3.8, 4) is 0 Å². The zero-order valence-electron chi connectivity index (χ0n) is 17.4. The minimum absolute atomic E-state index is 0. The Balaban J connectivity index is 0.00000300. The lowest BCUT2D eigenvalue weighted by molar-refractivity contribution is 0.402. The minimum atomic E-state index is 0. The molecule has 0 aliphatic carbocycles. The van der Waals surface area contributed by atoms with E-state index in [1.807, 2.05) is 25.2 Å². The lowest BCUT2D eigenvalue weighted by atomic mass is 10.1. The van der Waals surface area contributed by atoms with Crippen molar-refractivity contribution < 1.29 is 0 Å². The van der Waals surface area contributed by atoms with E-state index in [9.17, 15) is 0 Å². The zero-order valence-corrected chi connectivity index (χ0v) is 20.4. The van der Waals surface area contributed by atoms with Gasteiger partial charge in [0.2, 0.25) is 0 Å². The maximum Gasteiger partial charge on any atom is 0.191 e. The molecule has 7 heteroatoms. The molecule has 1 aliphatic rings. The standard InChI is InChI=1S/C22H30ClN5.HI/c1-24-22(25-14-17-7-9-18(10-8-17)15-27(2)3)26-20-11-12-28(16-20)21-6-4-5-19(23)13-21;/h4-10,13,20H,11-12,14-16H2,1-3H3,(H2,24,25,26);1H. The Kier molecular flexibility index (Phi) is 9.52. The van der Waals surface area contributed by atoms with Crippen LogP contribution < -0.4 is 15.5 Å². The number of rotatable bonds is 6. The largest absolute Gasteiger partial charge is 0.369 e. The van der Waals surface area contributed by atoms with Crippen LogP contribution in [0.1, 0.15) is 17.5 Å². The molecule has 2 N–H and O–H groups in total. The molecule has 5 nitrogen and oxygen atoms in total.